The maximum absolute atomic E-state index is 6.46. The summed E-state index contributed by atoms with van der Waals surface area (Å²) in [5.41, 5.74) is 2.08. The third kappa shape index (κ3) is 3.29. The van der Waals surface area contributed by atoms with E-state index in [0.29, 0.717) is 0 Å². The molecule has 24 heavy (non-hydrogen) atoms. The first-order chi connectivity index (χ1) is 11.8. The van der Waals surface area contributed by atoms with Gasteiger partial charge in [0.2, 0.25) is 0 Å². The van der Waals surface area contributed by atoms with Gasteiger partial charge in [0.05, 0.1) is 24.8 Å². The summed E-state index contributed by atoms with van der Waals surface area (Å²) < 4.78 is 7.80. The van der Waals surface area contributed by atoms with Crippen molar-refractivity contribution in [3.63, 3.8) is 0 Å². The van der Waals surface area contributed by atoms with Gasteiger partial charge in [-0.05, 0) is 18.2 Å². The number of hydrogen-bond donors (Lipinski definition) is 0. The van der Waals surface area contributed by atoms with E-state index in [9.17, 15) is 0 Å². The van der Waals surface area contributed by atoms with E-state index < -0.39 is 0 Å². The third-order valence-corrected chi connectivity index (χ3v) is 4.73. The molecule has 3 aromatic rings. The molecular weight excluding hydrogens is 324 g/mol. The summed E-state index contributed by atoms with van der Waals surface area (Å²) in [6.45, 7) is 4.04. The predicted molar refractivity (Wildman–Crippen MR) is 94.0 cm³/mol. The highest BCUT2D eigenvalue weighted by Gasteiger charge is 2.22. The molecule has 0 saturated carbocycles. The molecule has 124 valence electrons. The topological polar surface area (TPSA) is 43.2 Å². The number of hydrogen-bond acceptors (Lipinski definition) is 4. The van der Waals surface area contributed by atoms with Gasteiger partial charge in [-0.2, -0.15) is 5.10 Å². The largest absolute Gasteiger partial charge is 0.374 e. The van der Waals surface area contributed by atoms with E-state index in [1.54, 1.807) is 6.20 Å². The van der Waals surface area contributed by atoms with Gasteiger partial charge in [0.25, 0.3) is 0 Å². The van der Waals surface area contributed by atoms with E-state index in [2.05, 4.69) is 21.0 Å². The number of fused-ring (bicyclic) bond motifs is 1. The highest BCUT2D eigenvalue weighted by molar-refractivity contribution is 6.32. The first-order valence-corrected chi connectivity index (χ1v) is 8.51. The summed E-state index contributed by atoms with van der Waals surface area (Å²) in [6, 6.07) is 9.94. The lowest BCUT2D eigenvalue weighted by atomic mass is 10.1. The van der Waals surface area contributed by atoms with Crippen LogP contribution in [0.4, 0.5) is 0 Å². The van der Waals surface area contributed by atoms with Crippen molar-refractivity contribution in [1.82, 2.24) is 19.7 Å². The van der Waals surface area contributed by atoms with Crippen LogP contribution >= 0.6 is 11.6 Å². The molecule has 1 fully saturated rings. The summed E-state index contributed by atoms with van der Waals surface area (Å²) >= 11 is 6.46. The molecule has 0 spiro atoms. The Morgan fingerprint density at radius 1 is 1.21 bits per heavy atom. The second kappa shape index (κ2) is 6.89. The average Bonchev–Trinajstić information content (AvgIpc) is 3.11. The maximum Gasteiger partial charge on any atom is 0.0898 e. The second-order valence-electron chi connectivity index (χ2n) is 6.06. The molecule has 1 unspecified atom stereocenters. The first-order valence-electron chi connectivity index (χ1n) is 8.13. The van der Waals surface area contributed by atoms with Crippen LogP contribution in [0.25, 0.3) is 10.9 Å². The summed E-state index contributed by atoms with van der Waals surface area (Å²) in [7, 11) is 0. The molecule has 5 nitrogen and oxygen atoms in total. The fourth-order valence-corrected chi connectivity index (χ4v) is 3.42. The van der Waals surface area contributed by atoms with Crippen molar-refractivity contribution in [2.24, 2.45) is 0 Å². The predicted octanol–water partition coefficient (Wildman–Crippen LogP) is 2.99. The van der Waals surface area contributed by atoms with E-state index in [-0.39, 0.29) is 6.10 Å². The molecule has 1 atom stereocenters. The fourth-order valence-electron chi connectivity index (χ4n) is 3.21. The number of halogens is 1. The Bertz CT molecular complexity index is 821. The lowest BCUT2D eigenvalue weighted by molar-refractivity contribution is -0.0401. The Hall–Kier alpha value is -1.95. The van der Waals surface area contributed by atoms with Crippen molar-refractivity contribution in [2.75, 3.05) is 19.7 Å². The SMILES string of the molecule is Clc1ccc2cccnc2c1CN1CCOC(Cn2cccn2)C1. The Morgan fingerprint density at radius 3 is 3.04 bits per heavy atom. The number of rotatable bonds is 4. The molecule has 0 radical (unpaired) electrons. The third-order valence-electron chi connectivity index (χ3n) is 4.38. The molecule has 6 heteroatoms. The van der Waals surface area contributed by atoms with Crippen LogP contribution in [0.15, 0.2) is 48.9 Å². The summed E-state index contributed by atoms with van der Waals surface area (Å²) in [6.07, 6.45) is 5.72. The van der Waals surface area contributed by atoms with Crippen molar-refractivity contribution < 1.29 is 4.74 Å². The Labute approximate surface area is 145 Å². The zero-order chi connectivity index (χ0) is 16.4. The molecule has 0 aliphatic carbocycles. The minimum absolute atomic E-state index is 0.139. The van der Waals surface area contributed by atoms with Crippen molar-refractivity contribution in [3.8, 4) is 0 Å². The molecule has 4 rings (SSSR count). The molecule has 1 aliphatic heterocycles. The maximum atomic E-state index is 6.46. The van der Waals surface area contributed by atoms with Crippen molar-refractivity contribution in [2.45, 2.75) is 19.2 Å². The number of aromatic nitrogens is 3. The van der Waals surface area contributed by atoms with Gasteiger partial charge in [-0.3, -0.25) is 14.6 Å². The van der Waals surface area contributed by atoms with Crippen LogP contribution in [0.3, 0.4) is 0 Å². The Morgan fingerprint density at radius 2 is 2.17 bits per heavy atom. The molecule has 3 heterocycles. The summed E-state index contributed by atoms with van der Waals surface area (Å²) in [5.74, 6) is 0. The molecule has 2 aromatic heterocycles. The molecule has 0 N–H and O–H groups in total. The van der Waals surface area contributed by atoms with Crippen molar-refractivity contribution in [1.29, 1.82) is 0 Å². The smallest absolute Gasteiger partial charge is 0.0898 e. The van der Waals surface area contributed by atoms with E-state index >= 15 is 0 Å². The zero-order valence-corrected chi connectivity index (χ0v) is 14.1. The first kappa shape index (κ1) is 15.6. The number of benzene rings is 1. The van der Waals surface area contributed by atoms with Crippen LogP contribution in [0, 0.1) is 0 Å². The van der Waals surface area contributed by atoms with Gasteiger partial charge in [0, 0.05) is 54.2 Å². The monoisotopic (exact) mass is 342 g/mol. The summed E-state index contributed by atoms with van der Waals surface area (Å²) in [5, 5.41) is 6.16. The van der Waals surface area contributed by atoms with Gasteiger partial charge < -0.3 is 4.74 Å². The highest BCUT2D eigenvalue weighted by Crippen LogP contribution is 2.26. The average molecular weight is 343 g/mol. The van der Waals surface area contributed by atoms with Crippen molar-refractivity contribution >= 4 is 22.5 Å². The molecule has 0 bridgehead atoms. The van der Waals surface area contributed by atoms with E-state index in [4.69, 9.17) is 16.3 Å². The molecular formula is C18H19ClN4O. The van der Waals surface area contributed by atoms with Gasteiger partial charge in [-0.1, -0.05) is 23.7 Å². The molecule has 0 amide bonds. The molecule has 1 saturated heterocycles. The van der Waals surface area contributed by atoms with Gasteiger partial charge in [-0.15, -0.1) is 0 Å². The van der Waals surface area contributed by atoms with Gasteiger partial charge in [-0.25, -0.2) is 0 Å². The van der Waals surface area contributed by atoms with Gasteiger partial charge in [0.1, 0.15) is 0 Å². The number of pyridine rings is 1. The van der Waals surface area contributed by atoms with Crippen LogP contribution in [-0.4, -0.2) is 45.5 Å². The lowest BCUT2D eigenvalue weighted by Gasteiger charge is -2.33. The number of nitrogens with zero attached hydrogens (tertiary/aromatic N) is 4. The fraction of sp³-hybridized carbons (Fsp3) is 0.333. The minimum atomic E-state index is 0.139. The van der Waals surface area contributed by atoms with E-state index in [0.717, 1.165) is 54.3 Å². The van der Waals surface area contributed by atoms with Gasteiger partial charge >= 0.3 is 0 Å². The normalized spacial score (nSPS) is 19.0. The van der Waals surface area contributed by atoms with E-state index in [1.165, 1.54) is 0 Å². The van der Waals surface area contributed by atoms with Crippen molar-refractivity contribution in [3.05, 3.63) is 59.5 Å². The quantitative estimate of drug-likeness (QED) is 0.731. The molecule has 1 aromatic carbocycles. The van der Waals surface area contributed by atoms with Gasteiger partial charge in [0.15, 0.2) is 0 Å². The van der Waals surface area contributed by atoms with Crippen LogP contribution in [-0.2, 0) is 17.8 Å². The van der Waals surface area contributed by atoms with Crippen LogP contribution < -0.4 is 0 Å². The standard InChI is InChI=1S/C18H19ClN4O/c19-17-5-4-14-3-1-6-20-18(14)16(17)13-22-9-10-24-15(11-22)12-23-8-2-7-21-23/h1-8,15H,9-13H2. The Kier molecular flexibility index (Phi) is 4.47. The van der Waals surface area contributed by atoms with E-state index in [1.807, 2.05) is 41.3 Å². The minimum Gasteiger partial charge on any atom is -0.374 e. The number of ether oxygens (including phenoxy) is 1. The zero-order valence-electron chi connectivity index (χ0n) is 13.3. The summed E-state index contributed by atoms with van der Waals surface area (Å²) in [4.78, 5) is 6.91. The highest BCUT2D eigenvalue weighted by atomic mass is 35.5. The number of morpholine rings is 1. The van der Waals surface area contributed by atoms with Crippen LogP contribution in [0.1, 0.15) is 5.56 Å². The second-order valence-corrected chi connectivity index (χ2v) is 6.46. The lowest BCUT2D eigenvalue weighted by Crippen LogP contribution is -2.43. The van der Waals surface area contributed by atoms with Crippen LogP contribution in [0.5, 0.6) is 0 Å². The Balaban J connectivity index is 1.52. The van der Waals surface area contributed by atoms with Crippen LogP contribution in [0.2, 0.25) is 5.02 Å². The molecule has 1 aliphatic rings.